The van der Waals surface area contributed by atoms with Gasteiger partial charge < -0.3 is 23.9 Å². The zero-order chi connectivity index (χ0) is 27.1. The Bertz CT molecular complexity index is 1440. The van der Waals surface area contributed by atoms with E-state index in [1.54, 1.807) is 48.2 Å². The Morgan fingerprint density at radius 2 is 1.58 bits per heavy atom. The van der Waals surface area contributed by atoms with E-state index in [4.69, 9.17) is 14.2 Å². The predicted octanol–water partition coefficient (Wildman–Crippen LogP) is 5.53. The molecule has 38 heavy (non-hydrogen) atoms. The van der Waals surface area contributed by atoms with Crippen LogP contribution in [0.5, 0.6) is 17.2 Å². The number of fused-ring (bicyclic) bond motifs is 1. The number of carbonyl (C=O) groups is 3. The summed E-state index contributed by atoms with van der Waals surface area (Å²) >= 11 is 0. The topological polar surface area (TPSA) is 104 Å². The van der Waals surface area contributed by atoms with Crippen LogP contribution in [0.4, 0.5) is 4.39 Å². The van der Waals surface area contributed by atoms with Gasteiger partial charge in [-0.05, 0) is 73.2 Å². The Balaban J connectivity index is 1.42. The SMILES string of the molecule is COCCCC(=O)c1cn(CC(=O)COc2ccc(Oc3ccc(F)cc3)cc2)c2ccc(C(=O)O)cc12. The van der Waals surface area contributed by atoms with Crippen LogP contribution in [0.3, 0.4) is 0 Å². The number of carboxylic acids is 1. The molecule has 0 bridgehead atoms. The van der Waals surface area contributed by atoms with Crippen molar-refractivity contribution in [3.05, 3.63) is 89.9 Å². The zero-order valence-corrected chi connectivity index (χ0v) is 20.7. The first kappa shape index (κ1) is 26.6. The van der Waals surface area contributed by atoms with Crippen molar-refractivity contribution in [1.82, 2.24) is 4.57 Å². The number of carbonyl (C=O) groups excluding carboxylic acids is 2. The van der Waals surface area contributed by atoms with Gasteiger partial charge in [0.15, 0.2) is 11.6 Å². The van der Waals surface area contributed by atoms with Crippen LogP contribution in [0.25, 0.3) is 10.9 Å². The van der Waals surface area contributed by atoms with E-state index in [0.29, 0.717) is 46.7 Å². The quantitative estimate of drug-likeness (QED) is 0.183. The van der Waals surface area contributed by atoms with Crippen molar-refractivity contribution in [3.8, 4) is 17.2 Å². The van der Waals surface area contributed by atoms with Crippen LogP contribution in [0, 0.1) is 5.82 Å². The van der Waals surface area contributed by atoms with Crippen LogP contribution >= 0.6 is 0 Å². The fraction of sp³-hybridized carbons (Fsp3) is 0.207. The summed E-state index contributed by atoms with van der Waals surface area (Å²) in [4.78, 5) is 37.0. The van der Waals surface area contributed by atoms with Gasteiger partial charge in [-0.2, -0.15) is 0 Å². The van der Waals surface area contributed by atoms with Crippen LogP contribution < -0.4 is 9.47 Å². The summed E-state index contributed by atoms with van der Waals surface area (Å²) in [5.74, 6) is -0.375. The molecule has 0 aliphatic rings. The molecule has 1 N–H and O–H groups in total. The fourth-order valence-corrected chi connectivity index (χ4v) is 3.94. The molecule has 3 aromatic carbocycles. The van der Waals surface area contributed by atoms with Crippen molar-refractivity contribution in [2.24, 2.45) is 0 Å². The number of aromatic carboxylic acids is 1. The molecule has 196 valence electrons. The van der Waals surface area contributed by atoms with Crippen molar-refractivity contribution in [1.29, 1.82) is 0 Å². The Morgan fingerprint density at radius 1 is 0.921 bits per heavy atom. The van der Waals surface area contributed by atoms with E-state index in [2.05, 4.69) is 0 Å². The second kappa shape index (κ2) is 12.2. The molecule has 0 fully saturated rings. The summed E-state index contributed by atoms with van der Waals surface area (Å²) < 4.78 is 30.9. The first-order valence-electron chi connectivity index (χ1n) is 11.9. The van der Waals surface area contributed by atoms with Gasteiger partial charge in [-0.25, -0.2) is 9.18 Å². The van der Waals surface area contributed by atoms with E-state index in [-0.39, 0.29) is 42.5 Å². The molecule has 4 rings (SSSR count). The van der Waals surface area contributed by atoms with E-state index in [0.717, 1.165) is 0 Å². The number of nitrogens with zero attached hydrogens (tertiary/aromatic N) is 1. The summed E-state index contributed by atoms with van der Waals surface area (Å²) in [6, 6.07) is 16.8. The minimum absolute atomic E-state index is 0.0555. The summed E-state index contributed by atoms with van der Waals surface area (Å²) in [6.07, 6.45) is 2.36. The molecule has 8 nitrogen and oxygen atoms in total. The first-order chi connectivity index (χ1) is 18.3. The van der Waals surface area contributed by atoms with Crippen LogP contribution in [0.1, 0.15) is 33.6 Å². The molecule has 1 heterocycles. The first-order valence-corrected chi connectivity index (χ1v) is 11.9. The molecule has 0 unspecified atom stereocenters. The monoisotopic (exact) mass is 519 g/mol. The van der Waals surface area contributed by atoms with E-state index in [1.165, 1.54) is 36.4 Å². The Kier molecular flexibility index (Phi) is 8.50. The highest BCUT2D eigenvalue weighted by Crippen LogP contribution is 2.26. The highest BCUT2D eigenvalue weighted by molar-refractivity contribution is 6.09. The number of halogens is 1. The largest absolute Gasteiger partial charge is 0.486 e. The van der Waals surface area contributed by atoms with Gasteiger partial charge in [-0.3, -0.25) is 9.59 Å². The average molecular weight is 520 g/mol. The van der Waals surface area contributed by atoms with Crippen molar-refractivity contribution in [2.45, 2.75) is 19.4 Å². The van der Waals surface area contributed by atoms with Gasteiger partial charge in [-0.1, -0.05) is 0 Å². The molecule has 0 spiro atoms. The summed E-state index contributed by atoms with van der Waals surface area (Å²) in [7, 11) is 1.55. The Hall–Kier alpha value is -4.50. The van der Waals surface area contributed by atoms with E-state index in [9.17, 15) is 23.9 Å². The second-order valence-corrected chi connectivity index (χ2v) is 8.58. The summed E-state index contributed by atoms with van der Waals surface area (Å²) in [6.45, 7) is 0.169. The number of ketones is 2. The third kappa shape index (κ3) is 6.63. The average Bonchev–Trinajstić information content (AvgIpc) is 3.27. The van der Waals surface area contributed by atoms with E-state index < -0.39 is 5.97 Å². The fourth-order valence-electron chi connectivity index (χ4n) is 3.94. The maximum atomic E-state index is 13.0. The molecule has 0 aliphatic carbocycles. The molecule has 4 aromatic rings. The highest BCUT2D eigenvalue weighted by Gasteiger charge is 2.18. The molecule has 0 aliphatic heterocycles. The lowest BCUT2D eigenvalue weighted by molar-refractivity contribution is -0.121. The standard InChI is InChI=1S/C29H26FNO7/c1-36-14-2-3-28(33)26-17-31(27-13-4-19(29(34)35)15-25(26)27)16-21(32)18-37-22-9-11-24(12-10-22)38-23-7-5-20(30)6-8-23/h4-13,15,17H,2-3,14,16,18H2,1H3,(H,34,35). The van der Waals surface area contributed by atoms with Crippen LogP contribution in [0.15, 0.2) is 72.9 Å². The maximum Gasteiger partial charge on any atom is 0.335 e. The third-order valence-corrected chi connectivity index (χ3v) is 5.80. The molecule has 0 radical (unpaired) electrons. The zero-order valence-electron chi connectivity index (χ0n) is 20.7. The Morgan fingerprint density at radius 3 is 2.24 bits per heavy atom. The van der Waals surface area contributed by atoms with Crippen LogP contribution in [-0.2, 0) is 16.1 Å². The van der Waals surface area contributed by atoms with E-state index in [1.807, 2.05) is 0 Å². The van der Waals surface area contributed by atoms with Crippen molar-refractivity contribution < 1.29 is 38.1 Å². The minimum atomic E-state index is -1.10. The number of ether oxygens (including phenoxy) is 3. The minimum Gasteiger partial charge on any atom is -0.486 e. The molecule has 0 saturated carbocycles. The number of carboxylic acid groups (broad SMARTS) is 1. The number of benzene rings is 3. The normalized spacial score (nSPS) is 10.9. The lowest BCUT2D eigenvalue weighted by Gasteiger charge is -2.09. The highest BCUT2D eigenvalue weighted by atomic mass is 19.1. The van der Waals surface area contributed by atoms with Crippen LogP contribution in [-0.4, -0.2) is 47.5 Å². The number of hydrogen-bond donors (Lipinski definition) is 1. The number of rotatable bonds is 13. The number of methoxy groups -OCH3 is 1. The molecule has 0 saturated heterocycles. The molecular weight excluding hydrogens is 493 g/mol. The van der Waals surface area contributed by atoms with Crippen molar-refractivity contribution in [2.75, 3.05) is 20.3 Å². The van der Waals surface area contributed by atoms with E-state index >= 15 is 0 Å². The maximum absolute atomic E-state index is 13.0. The summed E-state index contributed by atoms with van der Waals surface area (Å²) in [5.41, 5.74) is 1.01. The third-order valence-electron chi connectivity index (χ3n) is 5.80. The number of hydrogen-bond acceptors (Lipinski definition) is 6. The molecule has 9 heteroatoms. The van der Waals surface area contributed by atoms with Crippen LogP contribution in [0.2, 0.25) is 0 Å². The van der Waals surface area contributed by atoms with Gasteiger partial charge in [-0.15, -0.1) is 0 Å². The molecular formula is C29H26FNO7. The second-order valence-electron chi connectivity index (χ2n) is 8.58. The van der Waals surface area contributed by atoms with Crippen molar-refractivity contribution in [3.63, 3.8) is 0 Å². The lowest BCUT2D eigenvalue weighted by atomic mass is 10.0. The van der Waals surface area contributed by atoms with Gasteiger partial charge in [0.05, 0.1) is 12.1 Å². The van der Waals surface area contributed by atoms with Gasteiger partial charge in [0.2, 0.25) is 0 Å². The number of Topliss-reactive ketones (excluding diaryl/α,β-unsaturated/α-hetero) is 2. The van der Waals surface area contributed by atoms with Gasteiger partial charge >= 0.3 is 5.97 Å². The van der Waals surface area contributed by atoms with Crippen molar-refractivity contribution >= 4 is 28.4 Å². The predicted molar refractivity (Wildman–Crippen MR) is 138 cm³/mol. The van der Waals surface area contributed by atoms with Gasteiger partial charge in [0.25, 0.3) is 0 Å². The summed E-state index contributed by atoms with van der Waals surface area (Å²) in [5, 5.41) is 9.86. The smallest absolute Gasteiger partial charge is 0.335 e. The van der Waals surface area contributed by atoms with Gasteiger partial charge in [0.1, 0.15) is 29.7 Å². The van der Waals surface area contributed by atoms with Gasteiger partial charge in [0, 0.05) is 42.8 Å². The molecule has 0 amide bonds. The lowest BCUT2D eigenvalue weighted by Crippen LogP contribution is -2.17. The Labute approximate surface area is 218 Å². The number of aromatic nitrogens is 1. The molecule has 0 atom stereocenters. The molecule has 1 aromatic heterocycles.